The van der Waals surface area contributed by atoms with Crippen LogP contribution < -0.4 is 15.4 Å². The van der Waals surface area contributed by atoms with Crippen LogP contribution in [0.1, 0.15) is 45.1 Å². The minimum Gasteiger partial charge on any atom is -0.497 e. The SMILES string of the molecule is COc1ccc(CNC(=O)[C@H](C)N[C@H](C)[C@H]2C[C@H]3CC[C@H]2C3)cc1. The molecule has 2 fully saturated rings. The highest BCUT2D eigenvalue weighted by Gasteiger charge is 2.42. The zero-order chi connectivity index (χ0) is 17.1. The van der Waals surface area contributed by atoms with Gasteiger partial charge in [0.25, 0.3) is 0 Å². The van der Waals surface area contributed by atoms with Crippen LogP contribution in [0.3, 0.4) is 0 Å². The molecule has 24 heavy (non-hydrogen) atoms. The molecule has 0 aromatic heterocycles. The van der Waals surface area contributed by atoms with E-state index in [4.69, 9.17) is 4.74 Å². The van der Waals surface area contributed by atoms with Crippen LogP contribution in [-0.2, 0) is 11.3 Å². The van der Waals surface area contributed by atoms with Crippen LogP contribution >= 0.6 is 0 Å². The molecule has 4 nitrogen and oxygen atoms in total. The molecule has 2 aliphatic rings. The van der Waals surface area contributed by atoms with Crippen molar-refractivity contribution in [1.82, 2.24) is 10.6 Å². The van der Waals surface area contributed by atoms with Crippen LogP contribution in [0, 0.1) is 17.8 Å². The Morgan fingerprint density at radius 1 is 1.21 bits per heavy atom. The van der Waals surface area contributed by atoms with Gasteiger partial charge in [-0.3, -0.25) is 4.79 Å². The lowest BCUT2D eigenvalue weighted by Gasteiger charge is -2.30. The molecular formula is C20H30N2O2. The number of nitrogens with one attached hydrogen (secondary N) is 2. The van der Waals surface area contributed by atoms with Gasteiger partial charge in [-0.25, -0.2) is 0 Å². The van der Waals surface area contributed by atoms with E-state index in [2.05, 4.69) is 17.6 Å². The number of amides is 1. The maximum Gasteiger partial charge on any atom is 0.237 e. The summed E-state index contributed by atoms with van der Waals surface area (Å²) in [6, 6.07) is 8.06. The van der Waals surface area contributed by atoms with Crippen molar-refractivity contribution in [3.05, 3.63) is 29.8 Å². The predicted molar refractivity (Wildman–Crippen MR) is 95.8 cm³/mol. The molecule has 0 saturated heterocycles. The quantitative estimate of drug-likeness (QED) is 0.808. The fourth-order valence-corrected chi connectivity index (χ4v) is 4.59. The van der Waals surface area contributed by atoms with Crippen LogP contribution in [0.4, 0.5) is 0 Å². The van der Waals surface area contributed by atoms with Gasteiger partial charge in [0.05, 0.1) is 13.2 Å². The monoisotopic (exact) mass is 330 g/mol. The average Bonchev–Trinajstić information content (AvgIpc) is 3.23. The molecule has 2 saturated carbocycles. The zero-order valence-electron chi connectivity index (χ0n) is 15.0. The van der Waals surface area contributed by atoms with Crippen molar-refractivity contribution in [2.75, 3.05) is 7.11 Å². The number of benzene rings is 1. The smallest absolute Gasteiger partial charge is 0.237 e. The molecular weight excluding hydrogens is 300 g/mol. The largest absolute Gasteiger partial charge is 0.497 e. The van der Waals surface area contributed by atoms with Gasteiger partial charge in [-0.1, -0.05) is 18.6 Å². The first-order valence-electron chi connectivity index (χ1n) is 9.23. The Morgan fingerprint density at radius 3 is 2.54 bits per heavy atom. The minimum atomic E-state index is -0.155. The summed E-state index contributed by atoms with van der Waals surface area (Å²) in [4.78, 5) is 12.4. The summed E-state index contributed by atoms with van der Waals surface area (Å²) >= 11 is 0. The summed E-state index contributed by atoms with van der Waals surface area (Å²) in [6.07, 6.45) is 5.57. The Labute approximate surface area is 145 Å². The van der Waals surface area contributed by atoms with Gasteiger partial charge in [0.1, 0.15) is 5.75 Å². The standard InChI is InChI=1S/C20H30N2O2/c1-13(19-11-16-4-7-17(19)10-16)22-14(2)20(23)21-12-15-5-8-18(24-3)9-6-15/h5-6,8-9,13-14,16-17,19,22H,4,7,10-12H2,1-3H3,(H,21,23)/t13-,14+,16+,17+,19-/m1/s1. The predicted octanol–water partition coefficient (Wildman–Crippen LogP) is 3.11. The van der Waals surface area contributed by atoms with E-state index in [9.17, 15) is 4.79 Å². The van der Waals surface area contributed by atoms with E-state index < -0.39 is 0 Å². The maximum atomic E-state index is 12.4. The van der Waals surface area contributed by atoms with Crippen molar-refractivity contribution in [2.24, 2.45) is 17.8 Å². The fourth-order valence-electron chi connectivity index (χ4n) is 4.59. The summed E-state index contributed by atoms with van der Waals surface area (Å²) in [5, 5.41) is 6.55. The second-order valence-electron chi connectivity index (χ2n) is 7.58. The van der Waals surface area contributed by atoms with E-state index in [-0.39, 0.29) is 11.9 Å². The minimum absolute atomic E-state index is 0.0702. The fraction of sp³-hybridized carbons (Fsp3) is 0.650. The Bertz CT molecular complexity index is 557. The Kier molecular flexibility index (Phi) is 5.44. The van der Waals surface area contributed by atoms with E-state index in [1.165, 1.54) is 25.7 Å². The summed E-state index contributed by atoms with van der Waals surface area (Å²) in [7, 11) is 1.65. The van der Waals surface area contributed by atoms with E-state index >= 15 is 0 Å². The van der Waals surface area contributed by atoms with E-state index in [0.29, 0.717) is 12.6 Å². The molecule has 1 amide bonds. The van der Waals surface area contributed by atoms with Gasteiger partial charge in [-0.05, 0) is 68.6 Å². The van der Waals surface area contributed by atoms with Crippen molar-refractivity contribution >= 4 is 5.91 Å². The van der Waals surface area contributed by atoms with Gasteiger partial charge in [0.2, 0.25) is 5.91 Å². The number of carbonyl (C=O) groups excluding carboxylic acids is 1. The molecule has 2 bridgehead atoms. The number of rotatable bonds is 7. The molecule has 1 aromatic carbocycles. The van der Waals surface area contributed by atoms with Crippen LogP contribution in [0.15, 0.2) is 24.3 Å². The molecule has 0 aliphatic heterocycles. The van der Waals surface area contributed by atoms with Gasteiger partial charge < -0.3 is 15.4 Å². The lowest BCUT2D eigenvalue weighted by Crippen LogP contribution is -2.48. The normalized spacial score (nSPS) is 27.7. The number of carbonyl (C=O) groups is 1. The third-order valence-corrected chi connectivity index (χ3v) is 5.97. The Hall–Kier alpha value is -1.55. The number of hydrogen-bond acceptors (Lipinski definition) is 3. The number of ether oxygens (including phenoxy) is 1. The van der Waals surface area contributed by atoms with Crippen LogP contribution in [0.2, 0.25) is 0 Å². The molecule has 3 rings (SSSR count). The van der Waals surface area contributed by atoms with Crippen LogP contribution in [0.5, 0.6) is 5.75 Å². The highest BCUT2D eigenvalue weighted by Crippen LogP contribution is 2.49. The van der Waals surface area contributed by atoms with E-state index in [1.807, 2.05) is 31.2 Å². The van der Waals surface area contributed by atoms with Crippen molar-refractivity contribution < 1.29 is 9.53 Å². The summed E-state index contributed by atoms with van der Waals surface area (Å²) in [6.45, 7) is 4.77. The molecule has 5 atom stereocenters. The molecule has 4 heteroatoms. The highest BCUT2D eigenvalue weighted by molar-refractivity contribution is 5.81. The van der Waals surface area contributed by atoms with Crippen LogP contribution in [0.25, 0.3) is 0 Å². The third kappa shape index (κ3) is 3.92. The van der Waals surface area contributed by atoms with Crippen molar-refractivity contribution in [1.29, 1.82) is 0 Å². The van der Waals surface area contributed by atoms with Gasteiger partial charge in [0.15, 0.2) is 0 Å². The Morgan fingerprint density at radius 2 is 1.96 bits per heavy atom. The molecule has 0 heterocycles. The molecule has 132 valence electrons. The first-order chi connectivity index (χ1) is 11.6. The molecule has 2 N–H and O–H groups in total. The van der Waals surface area contributed by atoms with Gasteiger partial charge >= 0.3 is 0 Å². The molecule has 2 aliphatic carbocycles. The van der Waals surface area contributed by atoms with Crippen molar-refractivity contribution in [3.63, 3.8) is 0 Å². The number of fused-ring (bicyclic) bond motifs is 2. The molecule has 0 radical (unpaired) electrons. The number of hydrogen-bond donors (Lipinski definition) is 2. The first kappa shape index (κ1) is 17.3. The summed E-state index contributed by atoms with van der Waals surface area (Å²) in [5.74, 6) is 3.48. The van der Waals surface area contributed by atoms with Gasteiger partial charge in [-0.2, -0.15) is 0 Å². The summed E-state index contributed by atoms with van der Waals surface area (Å²) in [5.41, 5.74) is 1.08. The van der Waals surface area contributed by atoms with Gasteiger partial charge in [0, 0.05) is 12.6 Å². The molecule has 1 aromatic rings. The first-order valence-corrected chi connectivity index (χ1v) is 9.23. The lowest BCUT2D eigenvalue weighted by atomic mass is 9.84. The van der Waals surface area contributed by atoms with Crippen molar-refractivity contribution in [2.45, 2.75) is 58.2 Å². The summed E-state index contributed by atoms with van der Waals surface area (Å²) < 4.78 is 5.15. The van der Waals surface area contributed by atoms with Gasteiger partial charge in [-0.15, -0.1) is 0 Å². The lowest BCUT2D eigenvalue weighted by molar-refractivity contribution is -0.123. The topological polar surface area (TPSA) is 50.4 Å². The number of methoxy groups -OCH3 is 1. The Balaban J connectivity index is 1.44. The van der Waals surface area contributed by atoms with Crippen molar-refractivity contribution in [3.8, 4) is 5.75 Å². The average molecular weight is 330 g/mol. The molecule has 0 unspecified atom stereocenters. The third-order valence-electron chi connectivity index (χ3n) is 5.97. The van der Waals surface area contributed by atoms with E-state index in [0.717, 1.165) is 29.1 Å². The zero-order valence-corrected chi connectivity index (χ0v) is 15.0. The second-order valence-corrected chi connectivity index (χ2v) is 7.58. The maximum absolute atomic E-state index is 12.4. The highest BCUT2D eigenvalue weighted by atomic mass is 16.5. The van der Waals surface area contributed by atoms with Crippen LogP contribution in [-0.4, -0.2) is 25.1 Å². The molecule has 0 spiro atoms. The second kappa shape index (κ2) is 7.56. The van der Waals surface area contributed by atoms with E-state index in [1.54, 1.807) is 7.11 Å².